The molecule has 0 spiro atoms. The monoisotopic (exact) mass is 308 g/mol. The van der Waals surface area contributed by atoms with Crippen molar-refractivity contribution >= 4 is 11.9 Å². The zero-order chi connectivity index (χ0) is 16.1. The number of fused-ring (bicyclic) bond motifs is 1. The summed E-state index contributed by atoms with van der Waals surface area (Å²) in [5, 5.41) is 0. The zero-order valence-electron chi connectivity index (χ0n) is 12.2. The molecule has 0 radical (unpaired) electrons. The first-order valence-electron chi connectivity index (χ1n) is 7.03. The summed E-state index contributed by atoms with van der Waals surface area (Å²) in [6.45, 7) is 0.215. The number of aromatic nitrogens is 2. The molecule has 114 valence electrons. The first-order chi connectivity index (χ1) is 11.3. The summed E-state index contributed by atoms with van der Waals surface area (Å²) in [5.74, 6) is 5.76. The van der Waals surface area contributed by atoms with Gasteiger partial charge in [-0.3, -0.25) is 4.40 Å². The number of carbonyl (C=O) groups is 1. The summed E-state index contributed by atoms with van der Waals surface area (Å²) in [4.78, 5) is 14.9. The zero-order valence-corrected chi connectivity index (χ0v) is 12.2. The lowest BCUT2D eigenvalue weighted by atomic mass is 10.2. The van der Waals surface area contributed by atoms with Crippen LogP contribution in [0.25, 0.3) is 5.65 Å². The maximum atomic E-state index is 12.9. The number of benzene rings is 1. The van der Waals surface area contributed by atoms with Crippen LogP contribution in [0.5, 0.6) is 0 Å². The molecule has 2 aromatic heterocycles. The van der Waals surface area contributed by atoms with Gasteiger partial charge in [0, 0.05) is 11.8 Å². The Morgan fingerprint density at radius 3 is 2.78 bits per heavy atom. The van der Waals surface area contributed by atoms with E-state index in [1.54, 1.807) is 12.1 Å². The van der Waals surface area contributed by atoms with Crippen LogP contribution >= 0.6 is 0 Å². The Labute approximate surface area is 132 Å². The molecule has 2 heterocycles. The fraction of sp³-hybridized carbons (Fsp3) is 0.111. The SMILES string of the molecule is O=CCOCc1nc2ccccn2c1C#Cc1ccc(F)cc1. The molecule has 5 heteroatoms. The Kier molecular flexibility index (Phi) is 4.46. The predicted octanol–water partition coefficient (Wildman–Crippen LogP) is 2.59. The summed E-state index contributed by atoms with van der Waals surface area (Å²) in [5.41, 5.74) is 2.81. The van der Waals surface area contributed by atoms with Crippen molar-refractivity contribution in [1.82, 2.24) is 9.38 Å². The number of carbonyl (C=O) groups excluding carboxylic acids is 1. The van der Waals surface area contributed by atoms with E-state index in [2.05, 4.69) is 16.8 Å². The minimum absolute atomic E-state index is 0.0126. The third-order valence-electron chi connectivity index (χ3n) is 3.20. The number of hydrogen-bond donors (Lipinski definition) is 0. The maximum absolute atomic E-state index is 12.9. The predicted molar refractivity (Wildman–Crippen MR) is 83.3 cm³/mol. The Bertz CT molecular complexity index is 889. The van der Waals surface area contributed by atoms with Gasteiger partial charge in [-0.1, -0.05) is 12.0 Å². The number of ether oxygens (including phenoxy) is 1. The molecule has 23 heavy (non-hydrogen) atoms. The van der Waals surface area contributed by atoms with Gasteiger partial charge in [-0.25, -0.2) is 9.37 Å². The number of nitrogens with zero attached hydrogens (tertiary/aromatic N) is 2. The van der Waals surface area contributed by atoms with Gasteiger partial charge in [0.05, 0.1) is 6.61 Å². The Hall–Kier alpha value is -2.97. The highest BCUT2D eigenvalue weighted by molar-refractivity contribution is 5.52. The molecule has 4 nitrogen and oxygen atoms in total. The smallest absolute Gasteiger partial charge is 0.145 e. The second-order valence-electron chi connectivity index (χ2n) is 4.77. The maximum Gasteiger partial charge on any atom is 0.145 e. The van der Waals surface area contributed by atoms with E-state index in [4.69, 9.17) is 4.74 Å². The van der Waals surface area contributed by atoms with E-state index < -0.39 is 0 Å². The number of rotatable bonds is 4. The average molecular weight is 308 g/mol. The minimum Gasteiger partial charge on any atom is -0.368 e. The van der Waals surface area contributed by atoms with Crippen LogP contribution in [-0.2, 0) is 16.1 Å². The van der Waals surface area contributed by atoms with Crippen LogP contribution < -0.4 is 0 Å². The topological polar surface area (TPSA) is 43.6 Å². The number of halogens is 1. The molecule has 0 saturated heterocycles. The van der Waals surface area contributed by atoms with E-state index >= 15 is 0 Å². The highest BCUT2D eigenvalue weighted by atomic mass is 19.1. The normalized spacial score (nSPS) is 10.3. The van der Waals surface area contributed by atoms with E-state index in [-0.39, 0.29) is 19.0 Å². The minimum atomic E-state index is -0.298. The lowest BCUT2D eigenvalue weighted by Crippen LogP contribution is -1.99. The molecule has 0 aliphatic heterocycles. The van der Waals surface area contributed by atoms with Gasteiger partial charge in [-0.15, -0.1) is 0 Å². The molecule has 0 atom stereocenters. The molecule has 3 aromatic rings. The first-order valence-corrected chi connectivity index (χ1v) is 7.03. The van der Waals surface area contributed by atoms with Crippen molar-refractivity contribution in [2.45, 2.75) is 6.61 Å². The molecule has 0 bridgehead atoms. The lowest BCUT2D eigenvalue weighted by molar-refractivity contribution is -0.112. The van der Waals surface area contributed by atoms with Gasteiger partial charge >= 0.3 is 0 Å². The molecule has 3 rings (SSSR count). The van der Waals surface area contributed by atoms with Crippen molar-refractivity contribution in [3.63, 3.8) is 0 Å². The molecule has 0 amide bonds. The first kappa shape index (κ1) is 14.9. The van der Waals surface area contributed by atoms with Crippen molar-refractivity contribution in [2.24, 2.45) is 0 Å². The fourth-order valence-corrected chi connectivity index (χ4v) is 2.15. The lowest BCUT2D eigenvalue weighted by Gasteiger charge is -1.98. The third-order valence-corrected chi connectivity index (χ3v) is 3.20. The van der Waals surface area contributed by atoms with Gasteiger partial charge in [0.15, 0.2) is 0 Å². The molecule has 1 aromatic carbocycles. The molecule has 0 aliphatic rings. The van der Waals surface area contributed by atoms with Crippen LogP contribution in [0.2, 0.25) is 0 Å². The van der Waals surface area contributed by atoms with E-state index in [1.807, 2.05) is 28.8 Å². The number of imidazole rings is 1. The molecular weight excluding hydrogens is 295 g/mol. The highest BCUT2D eigenvalue weighted by Gasteiger charge is 2.09. The summed E-state index contributed by atoms with van der Waals surface area (Å²) in [7, 11) is 0. The van der Waals surface area contributed by atoms with Gasteiger partial charge in [-0.2, -0.15) is 0 Å². The largest absolute Gasteiger partial charge is 0.368 e. The van der Waals surface area contributed by atoms with Crippen molar-refractivity contribution in [3.8, 4) is 11.8 Å². The Morgan fingerprint density at radius 2 is 2.00 bits per heavy atom. The van der Waals surface area contributed by atoms with Crippen LogP contribution in [0, 0.1) is 17.7 Å². The fourth-order valence-electron chi connectivity index (χ4n) is 2.15. The van der Waals surface area contributed by atoms with Crippen molar-refractivity contribution < 1.29 is 13.9 Å². The van der Waals surface area contributed by atoms with Gasteiger partial charge in [0.1, 0.15) is 35.7 Å². The standard InChI is InChI=1S/C18H13FN2O2/c19-15-7-4-14(5-8-15)6-9-17-16(13-23-12-11-22)20-18-3-1-2-10-21(17)18/h1-5,7-8,10-11H,12-13H2. The Balaban J connectivity index is 1.99. The summed E-state index contributed by atoms with van der Waals surface area (Å²) >= 11 is 0. The molecule has 0 N–H and O–H groups in total. The molecule has 0 unspecified atom stereocenters. The molecule has 0 aliphatic carbocycles. The van der Waals surface area contributed by atoms with Crippen LogP contribution in [-0.4, -0.2) is 22.3 Å². The van der Waals surface area contributed by atoms with Crippen LogP contribution in [0.1, 0.15) is 17.0 Å². The van der Waals surface area contributed by atoms with Gasteiger partial charge in [-0.05, 0) is 42.3 Å². The Morgan fingerprint density at radius 1 is 1.17 bits per heavy atom. The molecule has 0 fully saturated rings. The second kappa shape index (κ2) is 6.86. The van der Waals surface area contributed by atoms with Crippen molar-refractivity contribution in [2.75, 3.05) is 6.61 Å². The van der Waals surface area contributed by atoms with Crippen LogP contribution in [0.3, 0.4) is 0 Å². The number of hydrogen-bond acceptors (Lipinski definition) is 3. The van der Waals surface area contributed by atoms with Crippen LogP contribution in [0.4, 0.5) is 4.39 Å². The van der Waals surface area contributed by atoms with Gasteiger partial charge in [0.2, 0.25) is 0 Å². The highest BCUT2D eigenvalue weighted by Crippen LogP contribution is 2.13. The van der Waals surface area contributed by atoms with E-state index in [9.17, 15) is 9.18 Å². The van der Waals surface area contributed by atoms with E-state index in [0.717, 1.165) is 5.65 Å². The number of aldehydes is 1. The second-order valence-corrected chi connectivity index (χ2v) is 4.77. The van der Waals surface area contributed by atoms with Crippen LogP contribution in [0.15, 0.2) is 48.7 Å². The van der Waals surface area contributed by atoms with Crippen molar-refractivity contribution in [3.05, 3.63) is 71.4 Å². The van der Waals surface area contributed by atoms with E-state index in [1.165, 1.54) is 12.1 Å². The van der Waals surface area contributed by atoms with E-state index in [0.29, 0.717) is 23.2 Å². The average Bonchev–Trinajstić information content (AvgIpc) is 2.92. The van der Waals surface area contributed by atoms with Gasteiger partial charge in [0.25, 0.3) is 0 Å². The van der Waals surface area contributed by atoms with Gasteiger partial charge < -0.3 is 9.53 Å². The number of pyridine rings is 1. The molecular formula is C18H13FN2O2. The summed E-state index contributed by atoms with van der Waals surface area (Å²) < 4.78 is 20.0. The summed E-state index contributed by atoms with van der Waals surface area (Å²) in [6, 6.07) is 11.6. The summed E-state index contributed by atoms with van der Waals surface area (Å²) in [6.07, 6.45) is 2.56. The van der Waals surface area contributed by atoms with Crippen molar-refractivity contribution in [1.29, 1.82) is 0 Å². The third kappa shape index (κ3) is 3.44. The quantitative estimate of drug-likeness (QED) is 0.423. The molecule has 0 saturated carbocycles.